The van der Waals surface area contributed by atoms with Crippen LogP contribution in [-0.2, 0) is 20.9 Å². The largest absolute Gasteiger partial charge is 0.586 e. The third-order valence-electron chi connectivity index (χ3n) is 5.13. The summed E-state index contributed by atoms with van der Waals surface area (Å²) in [5, 5.41) is 2.50. The van der Waals surface area contributed by atoms with Crippen molar-refractivity contribution in [3.05, 3.63) is 41.5 Å². The number of anilines is 1. The molecule has 35 heavy (non-hydrogen) atoms. The molecule has 1 unspecified atom stereocenters. The summed E-state index contributed by atoms with van der Waals surface area (Å²) >= 11 is 0. The Balaban J connectivity index is 1.51. The fourth-order valence-corrected chi connectivity index (χ4v) is 3.68. The number of carbonyl (C=O) groups excluding carboxylic acids is 2. The van der Waals surface area contributed by atoms with Gasteiger partial charge in [-0.05, 0) is 32.9 Å². The number of ether oxygens (including phenoxy) is 6. The zero-order valence-electron chi connectivity index (χ0n) is 19.6. The lowest BCUT2D eigenvalue weighted by Gasteiger charge is -2.20. The quantitative estimate of drug-likeness (QED) is 0.563. The van der Waals surface area contributed by atoms with Crippen molar-refractivity contribution in [2.24, 2.45) is 0 Å². The Kier molecular flexibility index (Phi) is 6.35. The second kappa shape index (κ2) is 9.12. The topological polar surface area (TPSA) is 102 Å². The first-order chi connectivity index (χ1) is 16.4. The van der Waals surface area contributed by atoms with Crippen molar-refractivity contribution in [1.29, 1.82) is 0 Å². The first kappa shape index (κ1) is 24.4. The summed E-state index contributed by atoms with van der Waals surface area (Å²) < 4.78 is 58.1. The highest BCUT2D eigenvalue weighted by molar-refractivity contribution is 5.86. The molecule has 1 amide bonds. The van der Waals surface area contributed by atoms with Gasteiger partial charge in [0.2, 0.25) is 0 Å². The van der Waals surface area contributed by atoms with Gasteiger partial charge in [0, 0.05) is 34.9 Å². The summed E-state index contributed by atoms with van der Waals surface area (Å²) in [7, 11) is 1.33. The molecule has 188 valence electrons. The average Bonchev–Trinajstić information content (AvgIpc) is 3.29. The van der Waals surface area contributed by atoms with Crippen LogP contribution >= 0.6 is 0 Å². The van der Waals surface area contributed by atoms with Crippen molar-refractivity contribution in [3.8, 4) is 23.0 Å². The number of halogens is 2. The van der Waals surface area contributed by atoms with Gasteiger partial charge >= 0.3 is 18.4 Å². The summed E-state index contributed by atoms with van der Waals surface area (Å²) in [5.74, 6) is 0.0727. The van der Waals surface area contributed by atoms with Gasteiger partial charge in [-0.2, -0.15) is 0 Å². The number of nitrogens with one attached hydrogen (secondary N) is 1. The van der Waals surface area contributed by atoms with Gasteiger partial charge in [0.25, 0.3) is 0 Å². The summed E-state index contributed by atoms with van der Waals surface area (Å²) in [6.07, 6.45) is -4.41. The van der Waals surface area contributed by atoms with Crippen LogP contribution in [0, 0.1) is 0 Å². The van der Waals surface area contributed by atoms with Gasteiger partial charge in [-0.25, -0.2) is 4.79 Å². The van der Waals surface area contributed by atoms with Gasteiger partial charge in [-0.3, -0.25) is 10.1 Å². The number of alkyl halides is 2. The molecule has 2 aliphatic rings. The smallest absolute Gasteiger partial charge is 0.492 e. The first-order valence-corrected chi connectivity index (χ1v) is 10.8. The van der Waals surface area contributed by atoms with Gasteiger partial charge in [0.1, 0.15) is 23.7 Å². The maximum atomic E-state index is 13.8. The number of methoxy groups -OCH3 is 1. The monoisotopic (exact) mass is 493 g/mol. The minimum atomic E-state index is -3.85. The van der Waals surface area contributed by atoms with E-state index in [1.165, 1.54) is 19.2 Å². The third kappa shape index (κ3) is 5.84. The van der Waals surface area contributed by atoms with Crippen molar-refractivity contribution in [2.45, 2.75) is 51.6 Å². The Hall–Kier alpha value is -3.76. The molecular formula is C24H25F2NO8. The van der Waals surface area contributed by atoms with E-state index in [0.717, 1.165) is 5.56 Å². The van der Waals surface area contributed by atoms with Crippen molar-refractivity contribution < 1.29 is 46.8 Å². The molecule has 0 aromatic heterocycles. The van der Waals surface area contributed by atoms with Gasteiger partial charge in [-0.15, -0.1) is 8.78 Å². The van der Waals surface area contributed by atoms with Gasteiger partial charge < -0.3 is 28.4 Å². The second-order valence-electron chi connectivity index (χ2n) is 9.03. The molecule has 0 fully saturated rings. The van der Waals surface area contributed by atoms with Gasteiger partial charge in [-0.1, -0.05) is 6.07 Å². The molecule has 2 heterocycles. The lowest BCUT2D eigenvalue weighted by molar-refractivity contribution is -0.287. The fourth-order valence-electron chi connectivity index (χ4n) is 3.68. The number of benzene rings is 2. The summed E-state index contributed by atoms with van der Waals surface area (Å²) in [6.45, 7) is 5.26. The zero-order chi connectivity index (χ0) is 25.4. The molecule has 0 saturated heterocycles. The van der Waals surface area contributed by atoms with E-state index in [4.69, 9.17) is 18.9 Å². The molecule has 1 N–H and O–H groups in total. The molecule has 0 radical (unpaired) electrons. The average molecular weight is 493 g/mol. The molecule has 0 saturated carbocycles. The Morgan fingerprint density at radius 2 is 1.91 bits per heavy atom. The summed E-state index contributed by atoms with van der Waals surface area (Å²) in [5.41, 5.74) is 0.491. The highest BCUT2D eigenvalue weighted by Crippen LogP contribution is 2.46. The summed E-state index contributed by atoms with van der Waals surface area (Å²) in [6, 6.07) is 7.77. The molecule has 11 heteroatoms. The van der Waals surface area contributed by atoms with E-state index in [2.05, 4.69) is 14.8 Å². The molecule has 0 bridgehead atoms. The van der Waals surface area contributed by atoms with E-state index < -0.39 is 18.0 Å². The van der Waals surface area contributed by atoms with Crippen LogP contribution in [0.25, 0.3) is 0 Å². The Morgan fingerprint density at radius 3 is 2.63 bits per heavy atom. The molecule has 0 aliphatic carbocycles. The van der Waals surface area contributed by atoms with E-state index >= 15 is 0 Å². The van der Waals surface area contributed by atoms with Gasteiger partial charge in [0.05, 0.1) is 20.1 Å². The normalized spacial score (nSPS) is 17.3. The zero-order valence-corrected chi connectivity index (χ0v) is 19.6. The van der Waals surface area contributed by atoms with E-state index in [1.54, 1.807) is 39.0 Å². The van der Waals surface area contributed by atoms with Crippen LogP contribution in [-0.4, -0.2) is 37.7 Å². The standard InChI is InChI=1S/C24H25F2NO8/c1-23(2,3)35-22(29)27-15-7-14(21-19(9-15)33-24(25,26)34-21)12-31-16-5-6-17-13(8-20(28)30-4)11-32-18(17)10-16/h5-7,9-10,13H,8,11-12H2,1-4H3,(H,27,29). The molecule has 2 aromatic rings. The van der Waals surface area contributed by atoms with Gasteiger partial charge in [0.15, 0.2) is 11.5 Å². The molecule has 2 aliphatic heterocycles. The Labute approximate surface area is 200 Å². The molecule has 0 spiro atoms. The predicted octanol–water partition coefficient (Wildman–Crippen LogP) is 4.97. The maximum Gasteiger partial charge on any atom is 0.586 e. The van der Waals surface area contributed by atoms with Crippen LogP contribution in [0.4, 0.5) is 19.3 Å². The van der Waals surface area contributed by atoms with Crippen molar-refractivity contribution >= 4 is 17.7 Å². The highest BCUT2D eigenvalue weighted by atomic mass is 19.3. The minimum Gasteiger partial charge on any atom is -0.492 e. The van der Waals surface area contributed by atoms with E-state index in [9.17, 15) is 18.4 Å². The SMILES string of the molecule is COC(=O)CC1COc2cc(OCc3cc(NC(=O)OC(C)(C)C)cc4c3OC(F)(F)O4)ccc21. The van der Waals surface area contributed by atoms with Crippen LogP contribution in [0.2, 0.25) is 0 Å². The predicted molar refractivity (Wildman–Crippen MR) is 118 cm³/mol. The number of fused-ring (bicyclic) bond motifs is 2. The van der Waals surface area contributed by atoms with Crippen molar-refractivity contribution in [2.75, 3.05) is 19.0 Å². The first-order valence-electron chi connectivity index (χ1n) is 10.8. The number of rotatable bonds is 6. The maximum absolute atomic E-state index is 13.8. The van der Waals surface area contributed by atoms with Crippen molar-refractivity contribution in [1.82, 2.24) is 0 Å². The Morgan fingerprint density at radius 1 is 1.14 bits per heavy atom. The minimum absolute atomic E-state index is 0.127. The number of hydrogen-bond donors (Lipinski definition) is 1. The van der Waals surface area contributed by atoms with Crippen LogP contribution < -0.4 is 24.3 Å². The highest BCUT2D eigenvalue weighted by Gasteiger charge is 2.45. The number of hydrogen-bond acceptors (Lipinski definition) is 8. The molecule has 4 rings (SSSR count). The van der Waals surface area contributed by atoms with Crippen molar-refractivity contribution in [3.63, 3.8) is 0 Å². The molecular weight excluding hydrogens is 468 g/mol. The van der Waals surface area contributed by atoms with Crippen LogP contribution in [0.15, 0.2) is 30.3 Å². The van der Waals surface area contributed by atoms with Crippen LogP contribution in [0.5, 0.6) is 23.0 Å². The lowest BCUT2D eigenvalue weighted by atomic mass is 9.98. The van der Waals surface area contributed by atoms with Crippen LogP contribution in [0.1, 0.15) is 44.2 Å². The summed E-state index contributed by atoms with van der Waals surface area (Å²) in [4.78, 5) is 23.7. The van der Waals surface area contributed by atoms with E-state index in [0.29, 0.717) is 18.1 Å². The fraction of sp³-hybridized carbons (Fsp3) is 0.417. The molecule has 9 nitrogen and oxygen atoms in total. The molecule has 2 aromatic carbocycles. The molecule has 1 atom stereocenters. The number of amides is 1. The number of carbonyl (C=O) groups is 2. The third-order valence-corrected chi connectivity index (χ3v) is 5.13. The van der Waals surface area contributed by atoms with Crippen LogP contribution in [0.3, 0.4) is 0 Å². The van der Waals surface area contributed by atoms with E-state index in [-0.39, 0.29) is 47.7 Å². The second-order valence-corrected chi connectivity index (χ2v) is 9.03. The Bertz CT molecular complexity index is 1150. The number of esters is 1. The lowest BCUT2D eigenvalue weighted by Crippen LogP contribution is -2.27. The van der Waals surface area contributed by atoms with E-state index in [1.807, 2.05) is 0 Å².